The van der Waals surface area contributed by atoms with E-state index in [0.717, 1.165) is 5.92 Å². The summed E-state index contributed by atoms with van der Waals surface area (Å²) in [6.45, 7) is 11.3. The first-order valence-electron chi connectivity index (χ1n) is 9.43. The second-order valence-corrected chi connectivity index (χ2v) is 9.02. The van der Waals surface area contributed by atoms with Gasteiger partial charge in [-0.15, -0.1) is 0 Å². The van der Waals surface area contributed by atoms with E-state index in [1.807, 2.05) is 0 Å². The summed E-state index contributed by atoms with van der Waals surface area (Å²) >= 11 is 0. The van der Waals surface area contributed by atoms with Crippen molar-refractivity contribution < 1.29 is 0 Å². The van der Waals surface area contributed by atoms with Gasteiger partial charge in [-0.2, -0.15) is 5.01 Å². The molecule has 1 saturated heterocycles. The molecular weight excluding hydrogens is 294 g/mol. The summed E-state index contributed by atoms with van der Waals surface area (Å²) in [5, 5.41) is 6.35. The number of allylic oxidation sites excluding steroid dienone is 1. The van der Waals surface area contributed by atoms with Gasteiger partial charge >= 0.3 is 0 Å². The maximum atomic E-state index is 3.90. The molecule has 3 unspecified atom stereocenters. The first-order chi connectivity index (χ1) is 11.3. The van der Waals surface area contributed by atoms with Gasteiger partial charge in [0.15, 0.2) is 0 Å². The normalized spacial score (nSPS) is 30.7. The van der Waals surface area contributed by atoms with Crippen LogP contribution in [0.4, 0.5) is 0 Å². The summed E-state index contributed by atoms with van der Waals surface area (Å²) in [6.07, 6.45) is 6.71. The van der Waals surface area contributed by atoms with E-state index < -0.39 is 0 Å². The number of aryl methyl sites for hydroxylation is 2. The summed E-state index contributed by atoms with van der Waals surface area (Å²) in [5.41, 5.74) is 9.48. The number of nitrogens with one attached hydrogen (secondary N) is 2. The SMILES string of the molecule is Cc1ccc(C2CC(C3CC3)NC3C=C(C(C)(C)C)NN32)c(C)c1. The minimum absolute atomic E-state index is 0.154. The van der Waals surface area contributed by atoms with Crippen LogP contribution in [0.15, 0.2) is 30.0 Å². The monoisotopic (exact) mass is 325 g/mol. The minimum atomic E-state index is 0.154. The average molecular weight is 326 g/mol. The third-order valence-corrected chi connectivity index (χ3v) is 5.85. The quantitative estimate of drug-likeness (QED) is 0.853. The van der Waals surface area contributed by atoms with Gasteiger partial charge in [-0.25, -0.2) is 0 Å². The summed E-state index contributed by atoms with van der Waals surface area (Å²) < 4.78 is 0. The Bertz CT molecular complexity index is 666. The predicted molar refractivity (Wildman–Crippen MR) is 99.2 cm³/mol. The number of benzene rings is 1. The van der Waals surface area contributed by atoms with E-state index in [-0.39, 0.29) is 5.41 Å². The largest absolute Gasteiger partial charge is 0.320 e. The average Bonchev–Trinajstić information content (AvgIpc) is 3.24. The predicted octanol–water partition coefficient (Wildman–Crippen LogP) is 4.19. The van der Waals surface area contributed by atoms with E-state index >= 15 is 0 Å². The molecule has 3 heteroatoms. The zero-order chi connectivity index (χ0) is 17.1. The van der Waals surface area contributed by atoms with E-state index in [2.05, 4.69) is 74.6 Å². The van der Waals surface area contributed by atoms with Crippen molar-refractivity contribution in [2.45, 2.75) is 72.1 Å². The molecule has 3 aliphatic rings. The highest BCUT2D eigenvalue weighted by Crippen LogP contribution is 2.43. The van der Waals surface area contributed by atoms with Crippen LogP contribution in [0.25, 0.3) is 0 Å². The molecule has 24 heavy (non-hydrogen) atoms. The van der Waals surface area contributed by atoms with Gasteiger partial charge in [0.25, 0.3) is 0 Å². The van der Waals surface area contributed by atoms with Crippen LogP contribution in [0.3, 0.4) is 0 Å². The third kappa shape index (κ3) is 2.89. The molecule has 0 radical (unpaired) electrons. The molecule has 1 aromatic carbocycles. The number of hydrazine groups is 1. The Morgan fingerprint density at radius 3 is 2.50 bits per heavy atom. The molecule has 3 atom stereocenters. The molecule has 2 aliphatic heterocycles. The number of rotatable bonds is 2. The summed E-state index contributed by atoms with van der Waals surface area (Å²) in [6, 6.07) is 8.03. The highest BCUT2D eigenvalue weighted by atomic mass is 15.6. The van der Waals surface area contributed by atoms with Crippen molar-refractivity contribution in [3.63, 3.8) is 0 Å². The lowest BCUT2D eigenvalue weighted by Crippen LogP contribution is -2.58. The number of hydrogen-bond donors (Lipinski definition) is 2. The van der Waals surface area contributed by atoms with Crippen LogP contribution in [0.1, 0.15) is 62.8 Å². The Hall–Kier alpha value is -1.32. The van der Waals surface area contributed by atoms with Crippen LogP contribution in [-0.2, 0) is 0 Å². The summed E-state index contributed by atoms with van der Waals surface area (Å²) in [4.78, 5) is 0. The maximum absolute atomic E-state index is 3.90. The van der Waals surface area contributed by atoms with E-state index in [1.165, 1.54) is 41.6 Å². The van der Waals surface area contributed by atoms with E-state index in [9.17, 15) is 0 Å². The molecule has 2 N–H and O–H groups in total. The Morgan fingerprint density at radius 2 is 1.88 bits per heavy atom. The van der Waals surface area contributed by atoms with E-state index in [1.54, 1.807) is 0 Å². The zero-order valence-electron chi connectivity index (χ0n) is 15.7. The van der Waals surface area contributed by atoms with Crippen LogP contribution < -0.4 is 10.7 Å². The molecule has 1 saturated carbocycles. The van der Waals surface area contributed by atoms with Crippen molar-refractivity contribution in [1.82, 2.24) is 15.8 Å². The minimum Gasteiger partial charge on any atom is -0.320 e. The Morgan fingerprint density at radius 1 is 1.12 bits per heavy atom. The van der Waals surface area contributed by atoms with Crippen LogP contribution in [0, 0.1) is 25.2 Å². The van der Waals surface area contributed by atoms with Crippen molar-refractivity contribution in [3.8, 4) is 0 Å². The zero-order valence-corrected chi connectivity index (χ0v) is 15.7. The number of hydrogen-bond acceptors (Lipinski definition) is 3. The first kappa shape index (κ1) is 16.2. The van der Waals surface area contributed by atoms with Gasteiger partial charge in [-0.3, -0.25) is 5.32 Å². The first-order valence-corrected chi connectivity index (χ1v) is 9.43. The molecule has 1 aliphatic carbocycles. The molecule has 0 spiro atoms. The molecule has 3 nitrogen and oxygen atoms in total. The van der Waals surface area contributed by atoms with Gasteiger partial charge in [0.1, 0.15) is 0 Å². The van der Waals surface area contributed by atoms with Gasteiger partial charge < -0.3 is 5.43 Å². The summed E-state index contributed by atoms with van der Waals surface area (Å²) in [7, 11) is 0. The van der Waals surface area contributed by atoms with Crippen molar-refractivity contribution in [2.24, 2.45) is 11.3 Å². The maximum Gasteiger partial charge on any atom is 0.0996 e. The second kappa shape index (κ2) is 5.60. The number of nitrogens with zero attached hydrogens (tertiary/aromatic N) is 1. The lowest BCUT2D eigenvalue weighted by Gasteiger charge is -2.43. The molecule has 2 fully saturated rings. The second-order valence-electron chi connectivity index (χ2n) is 9.02. The van der Waals surface area contributed by atoms with E-state index in [4.69, 9.17) is 0 Å². The van der Waals surface area contributed by atoms with Gasteiger partial charge in [-0.1, -0.05) is 44.5 Å². The number of fused-ring (bicyclic) bond motifs is 1. The molecule has 0 aromatic heterocycles. The molecule has 4 rings (SSSR count). The van der Waals surface area contributed by atoms with Crippen LogP contribution in [0.2, 0.25) is 0 Å². The van der Waals surface area contributed by atoms with Gasteiger partial charge in [0.05, 0.1) is 12.2 Å². The van der Waals surface area contributed by atoms with Crippen molar-refractivity contribution >= 4 is 0 Å². The molecule has 130 valence electrons. The third-order valence-electron chi connectivity index (χ3n) is 5.85. The van der Waals surface area contributed by atoms with Gasteiger partial charge in [-0.05, 0) is 56.2 Å². The molecular formula is C21H31N3. The standard InChI is InChI=1S/C21H31N3/c1-13-6-9-16(14(2)10-13)18-11-17(15-7-8-15)22-20-12-19(21(3,4)5)23-24(18)20/h6,9-10,12,15,17-18,20,22-23H,7-8,11H2,1-5H3. The highest BCUT2D eigenvalue weighted by molar-refractivity contribution is 5.34. The Kier molecular flexibility index (Phi) is 3.77. The lowest BCUT2D eigenvalue weighted by atomic mass is 9.90. The lowest BCUT2D eigenvalue weighted by molar-refractivity contribution is 0.0393. The van der Waals surface area contributed by atoms with Gasteiger partial charge in [0, 0.05) is 17.2 Å². The van der Waals surface area contributed by atoms with Gasteiger partial charge in [0.2, 0.25) is 0 Å². The van der Waals surface area contributed by atoms with Crippen LogP contribution in [0.5, 0.6) is 0 Å². The topological polar surface area (TPSA) is 27.3 Å². The summed E-state index contributed by atoms with van der Waals surface area (Å²) in [5.74, 6) is 0.882. The molecule has 0 amide bonds. The Labute approximate surface area is 146 Å². The van der Waals surface area contributed by atoms with E-state index in [0.29, 0.717) is 18.2 Å². The smallest absolute Gasteiger partial charge is 0.0996 e. The fraction of sp³-hybridized carbons (Fsp3) is 0.619. The van der Waals surface area contributed by atoms with Crippen molar-refractivity contribution in [2.75, 3.05) is 0 Å². The highest BCUT2D eigenvalue weighted by Gasteiger charge is 2.45. The Balaban J connectivity index is 1.67. The fourth-order valence-electron chi connectivity index (χ4n) is 4.25. The van der Waals surface area contributed by atoms with Crippen molar-refractivity contribution in [1.29, 1.82) is 0 Å². The molecule has 1 aromatic rings. The molecule has 2 heterocycles. The van der Waals surface area contributed by atoms with Crippen LogP contribution in [-0.4, -0.2) is 17.2 Å². The fourth-order valence-corrected chi connectivity index (χ4v) is 4.25. The van der Waals surface area contributed by atoms with Crippen LogP contribution >= 0.6 is 0 Å². The van der Waals surface area contributed by atoms with Crippen molar-refractivity contribution in [3.05, 3.63) is 46.7 Å². The molecule has 0 bridgehead atoms.